The van der Waals surface area contributed by atoms with E-state index in [2.05, 4.69) is 0 Å². The quantitative estimate of drug-likeness (QED) is 0.570. The number of carbonyl (C=O) groups is 1. The van der Waals surface area contributed by atoms with Crippen molar-refractivity contribution in [2.45, 2.75) is 18.0 Å². The van der Waals surface area contributed by atoms with Crippen LogP contribution in [0.5, 0.6) is 0 Å². The molecular weight excluding hydrogens is 382 g/mol. The zero-order valence-electron chi connectivity index (χ0n) is 13.2. The van der Waals surface area contributed by atoms with E-state index >= 15 is 0 Å². The summed E-state index contributed by atoms with van der Waals surface area (Å²) in [6.45, 7) is 0.356. The first kappa shape index (κ1) is 17.9. The van der Waals surface area contributed by atoms with Gasteiger partial charge < -0.3 is 9.15 Å². The number of furan rings is 1. The first-order valence-electron chi connectivity index (χ1n) is 7.22. The lowest BCUT2D eigenvalue weighted by Gasteiger charge is -2.21. The monoisotopic (exact) mass is 397 g/mol. The van der Waals surface area contributed by atoms with Gasteiger partial charge in [-0.05, 0) is 29.0 Å². The summed E-state index contributed by atoms with van der Waals surface area (Å²) in [5.41, 5.74) is 0.731. The molecule has 3 aromatic rings. The predicted octanol–water partition coefficient (Wildman–Crippen LogP) is 3.58. The Morgan fingerprint density at radius 3 is 2.68 bits per heavy atom. The fourth-order valence-electron chi connectivity index (χ4n) is 2.27. The Hall–Kier alpha value is -1.94. The number of esters is 1. The van der Waals surface area contributed by atoms with Crippen LogP contribution in [0.15, 0.2) is 56.9 Å². The molecule has 3 aromatic heterocycles. The summed E-state index contributed by atoms with van der Waals surface area (Å²) in [5, 5.41) is 3.46. The molecule has 0 N–H and O–H groups in total. The molecular formula is C16H15NO5S3. The third-order valence-corrected chi connectivity index (χ3v) is 7.19. The van der Waals surface area contributed by atoms with Crippen molar-refractivity contribution in [2.24, 2.45) is 0 Å². The number of rotatable bonds is 7. The first-order valence-corrected chi connectivity index (χ1v) is 10.4. The summed E-state index contributed by atoms with van der Waals surface area (Å²) < 4.78 is 37.4. The Morgan fingerprint density at radius 2 is 2.04 bits per heavy atom. The van der Waals surface area contributed by atoms with E-state index in [1.165, 1.54) is 41.3 Å². The van der Waals surface area contributed by atoms with E-state index in [9.17, 15) is 13.2 Å². The average Bonchev–Trinajstić information content (AvgIpc) is 3.34. The van der Waals surface area contributed by atoms with Gasteiger partial charge in [0.25, 0.3) is 0 Å². The van der Waals surface area contributed by atoms with Gasteiger partial charge in [-0.2, -0.15) is 4.31 Å². The highest BCUT2D eigenvalue weighted by molar-refractivity contribution is 7.89. The molecule has 0 aliphatic rings. The Kier molecular flexibility index (Phi) is 5.38. The SMILES string of the molecule is COC(=O)c1sccc1S(=O)(=O)N(Cc1ccoc1)Cc1cccs1. The topological polar surface area (TPSA) is 76.8 Å². The number of hydrogen-bond acceptors (Lipinski definition) is 7. The zero-order valence-corrected chi connectivity index (χ0v) is 15.7. The summed E-state index contributed by atoms with van der Waals surface area (Å²) in [5.74, 6) is -0.659. The Bertz CT molecular complexity index is 890. The molecule has 0 atom stereocenters. The van der Waals surface area contributed by atoms with Gasteiger partial charge in [-0.1, -0.05) is 6.07 Å². The van der Waals surface area contributed by atoms with Crippen LogP contribution in [0.3, 0.4) is 0 Å². The second-order valence-electron chi connectivity index (χ2n) is 5.09. The van der Waals surface area contributed by atoms with E-state index in [4.69, 9.17) is 9.15 Å². The van der Waals surface area contributed by atoms with Crippen LogP contribution in [0, 0.1) is 0 Å². The first-order chi connectivity index (χ1) is 12.0. The minimum Gasteiger partial charge on any atom is -0.472 e. The molecule has 0 aliphatic carbocycles. The van der Waals surface area contributed by atoms with Gasteiger partial charge in [0.05, 0.1) is 19.6 Å². The third kappa shape index (κ3) is 3.84. The van der Waals surface area contributed by atoms with Gasteiger partial charge in [0.15, 0.2) is 0 Å². The normalized spacial score (nSPS) is 11.8. The van der Waals surface area contributed by atoms with Gasteiger partial charge in [-0.3, -0.25) is 0 Å². The highest BCUT2D eigenvalue weighted by Crippen LogP contribution is 2.29. The van der Waals surface area contributed by atoms with Crippen molar-refractivity contribution < 1.29 is 22.4 Å². The molecule has 3 rings (SSSR count). The molecule has 0 bridgehead atoms. The lowest BCUT2D eigenvalue weighted by Crippen LogP contribution is -2.30. The van der Waals surface area contributed by atoms with E-state index in [0.29, 0.717) is 0 Å². The van der Waals surface area contributed by atoms with Crippen molar-refractivity contribution in [3.63, 3.8) is 0 Å². The van der Waals surface area contributed by atoms with Crippen LogP contribution in [-0.4, -0.2) is 25.8 Å². The summed E-state index contributed by atoms with van der Waals surface area (Å²) in [6, 6.07) is 6.89. The van der Waals surface area contributed by atoms with Gasteiger partial charge in [-0.15, -0.1) is 22.7 Å². The molecule has 0 aromatic carbocycles. The highest BCUT2D eigenvalue weighted by atomic mass is 32.2. The number of methoxy groups -OCH3 is 1. The molecule has 0 aliphatic heterocycles. The smallest absolute Gasteiger partial charge is 0.349 e. The molecule has 9 heteroatoms. The molecule has 0 unspecified atom stereocenters. The molecule has 132 valence electrons. The molecule has 0 fully saturated rings. The lowest BCUT2D eigenvalue weighted by atomic mass is 10.3. The van der Waals surface area contributed by atoms with Gasteiger partial charge in [0, 0.05) is 23.5 Å². The molecule has 0 saturated carbocycles. The van der Waals surface area contributed by atoms with Gasteiger partial charge in [0.1, 0.15) is 9.77 Å². The van der Waals surface area contributed by atoms with Crippen molar-refractivity contribution in [2.75, 3.05) is 7.11 Å². The molecule has 0 radical (unpaired) electrons. The third-order valence-electron chi connectivity index (χ3n) is 3.47. The standard InChI is InChI=1S/C16H15NO5S3/c1-21-16(18)15-14(5-8-24-15)25(19,20)17(9-12-4-6-22-11-12)10-13-3-2-7-23-13/h2-8,11H,9-10H2,1H3. The minimum absolute atomic E-state index is 0.0376. The second-order valence-corrected chi connectivity index (χ2v) is 8.94. The number of carbonyl (C=O) groups excluding carboxylic acids is 1. The van der Waals surface area contributed by atoms with Crippen LogP contribution in [0.1, 0.15) is 20.1 Å². The zero-order chi connectivity index (χ0) is 17.9. The Labute approximate surface area is 153 Å². The predicted molar refractivity (Wildman–Crippen MR) is 95.1 cm³/mol. The van der Waals surface area contributed by atoms with Crippen molar-refractivity contribution in [3.05, 3.63) is 62.9 Å². The van der Waals surface area contributed by atoms with Gasteiger partial charge in [-0.25, -0.2) is 13.2 Å². The molecule has 0 amide bonds. The summed E-state index contributed by atoms with van der Waals surface area (Å²) in [4.78, 5) is 12.8. The van der Waals surface area contributed by atoms with E-state index in [-0.39, 0.29) is 22.9 Å². The second kappa shape index (κ2) is 7.52. The van der Waals surface area contributed by atoms with Gasteiger partial charge >= 0.3 is 5.97 Å². The Balaban J connectivity index is 1.98. The number of sulfonamides is 1. The fraction of sp³-hybridized carbons (Fsp3) is 0.188. The van der Waals surface area contributed by atoms with Crippen molar-refractivity contribution >= 4 is 38.7 Å². The average molecular weight is 397 g/mol. The molecule has 25 heavy (non-hydrogen) atoms. The molecule has 0 spiro atoms. The van der Waals surface area contributed by atoms with E-state index in [0.717, 1.165) is 21.8 Å². The molecule has 0 saturated heterocycles. The maximum absolute atomic E-state index is 13.2. The number of hydrogen-bond donors (Lipinski definition) is 0. The van der Waals surface area contributed by atoms with Crippen LogP contribution in [-0.2, 0) is 27.8 Å². The van der Waals surface area contributed by atoms with Crippen LogP contribution in [0.4, 0.5) is 0 Å². The maximum atomic E-state index is 13.2. The number of nitrogens with zero attached hydrogens (tertiary/aromatic N) is 1. The van der Waals surface area contributed by atoms with Crippen LogP contribution >= 0.6 is 22.7 Å². The number of thiophene rings is 2. The van der Waals surface area contributed by atoms with Crippen molar-refractivity contribution in [3.8, 4) is 0 Å². The van der Waals surface area contributed by atoms with E-state index in [1.807, 2.05) is 17.5 Å². The maximum Gasteiger partial charge on any atom is 0.349 e. The summed E-state index contributed by atoms with van der Waals surface area (Å²) in [7, 11) is -2.66. The highest BCUT2D eigenvalue weighted by Gasteiger charge is 2.31. The van der Waals surface area contributed by atoms with E-state index in [1.54, 1.807) is 11.4 Å². The summed E-state index contributed by atoms with van der Waals surface area (Å²) in [6.07, 6.45) is 3.00. The van der Waals surface area contributed by atoms with Crippen LogP contribution in [0.2, 0.25) is 0 Å². The van der Waals surface area contributed by atoms with Crippen LogP contribution in [0.25, 0.3) is 0 Å². The van der Waals surface area contributed by atoms with Crippen molar-refractivity contribution in [1.82, 2.24) is 4.31 Å². The number of ether oxygens (including phenoxy) is 1. The van der Waals surface area contributed by atoms with E-state index < -0.39 is 16.0 Å². The molecule has 3 heterocycles. The van der Waals surface area contributed by atoms with Crippen LogP contribution < -0.4 is 0 Å². The summed E-state index contributed by atoms with van der Waals surface area (Å²) >= 11 is 2.52. The molecule has 6 nitrogen and oxygen atoms in total. The lowest BCUT2D eigenvalue weighted by molar-refractivity contribution is 0.0602. The Morgan fingerprint density at radius 1 is 1.20 bits per heavy atom. The van der Waals surface area contributed by atoms with Crippen molar-refractivity contribution in [1.29, 1.82) is 0 Å². The minimum atomic E-state index is -3.89. The van der Waals surface area contributed by atoms with Gasteiger partial charge in [0.2, 0.25) is 10.0 Å². The fourth-order valence-corrected chi connectivity index (χ4v) is 5.79. The largest absolute Gasteiger partial charge is 0.472 e.